The van der Waals surface area contributed by atoms with Gasteiger partial charge in [0.2, 0.25) is 5.76 Å². The summed E-state index contributed by atoms with van der Waals surface area (Å²) in [6.07, 6.45) is 2.60. The number of fused-ring (bicyclic) bond motifs is 2. The molecule has 0 saturated heterocycles. The first-order valence-corrected chi connectivity index (χ1v) is 11.5. The lowest BCUT2D eigenvalue weighted by atomic mass is 9.98. The molecule has 0 radical (unpaired) electrons. The van der Waals surface area contributed by atoms with Crippen LogP contribution in [0.1, 0.15) is 53.6 Å². The SMILES string of the molecule is Cc1ccnc(N2C(=O)c3oc4ccccc4c(=O)c3C2c2cccc(OCCC(C)C)c2)c1. The molecule has 0 fully saturated rings. The number of aromatic nitrogens is 1. The van der Waals surface area contributed by atoms with Crippen LogP contribution in [0.2, 0.25) is 0 Å². The highest BCUT2D eigenvalue weighted by molar-refractivity contribution is 6.10. The molecule has 1 atom stereocenters. The average molecular weight is 455 g/mol. The van der Waals surface area contributed by atoms with Crippen LogP contribution in [0.3, 0.4) is 0 Å². The van der Waals surface area contributed by atoms with Gasteiger partial charge in [-0.3, -0.25) is 14.5 Å². The maximum Gasteiger partial charge on any atom is 0.296 e. The van der Waals surface area contributed by atoms with Crippen LogP contribution < -0.4 is 15.1 Å². The molecule has 2 aromatic heterocycles. The van der Waals surface area contributed by atoms with Gasteiger partial charge in [0.25, 0.3) is 5.91 Å². The highest BCUT2D eigenvalue weighted by Gasteiger charge is 2.44. The molecule has 2 aromatic carbocycles. The number of carbonyl (C=O) groups excluding carboxylic acids is 1. The molecule has 4 aromatic rings. The maximum atomic E-state index is 13.6. The van der Waals surface area contributed by atoms with Crippen molar-refractivity contribution in [2.45, 2.75) is 33.2 Å². The smallest absolute Gasteiger partial charge is 0.296 e. The van der Waals surface area contributed by atoms with Gasteiger partial charge in [-0.05, 0) is 66.8 Å². The van der Waals surface area contributed by atoms with Gasteiger partial charge in [-0.1, -0.05) is 38.1 Å². The summed E-state index contributed by atoms with van der Waals surface area (Å²) in [5.74, 6) is 1.37. The Kier molecular flexibility index (Phi) is 5.65. The molecule has 3 heterocycles. The van der Waals surface area contributed by atoms with Crippen LogP contribution in [0.4, 0.5) is 5.82 Å². The molecule has 0 saturated carbocycles. The monoisotopic (exact) mass is 454 g/mol. The van der Waals surface area contributed by atoms with E-state index in [-0.39, 0.29) is 17.1 Å². The third kappa shape index (κ3) is 3.85. The van der Waals surface area contributed by atoms with E-state index in [4.69, 9.17) is 9.15 Å². The van der Waals surface area contributed by atoms with Crippen molar-refractivity contribution in [3.05, 3.63) is 99.5 Å². The zero-order valence-electron chi connectivity index (χ0n) is 19.4. The molecule has 172 valence electrons. The number of hydrogen-bond donors (Lipinski definition) is 0. The molecular formula is C28H26N2O4. The topological polar surface area (TPSA) is 72.6 Å². The minimum atomic E-state index is -0.675. The number of hydrogen-bond acceptors (Lipinski definition) is 5. The lowest BCUT2D eigenvalue weighted by molar-refractivity contribution is 0.0970. The van der Waals surface area contributed by atoms with Crippen molar-refractivity contribution in [1.82, 2.24) is 4.98 Å². The van der Waals surface area contributed by atoms with Gasteiger partial charge in [0, 0.05) is 6.20 Å². The predicted molar refractivity (Wildman–Crippen MR) is 132 cm³/mol. The van der Waals surface area contributed by atoms with Crippen molar-refractivity contribution in [3.63, 3.8) is 0 Å². The fraction of sp³-hybridized carbons (Fsp3) is 0.250. The fourth-order valence-corrected chi connectivity index (χ4v) is 4.31. The average Bonchev–Trinajstić information content (AvgIpc) is 3.12. The zero-order chi connectivity index (χ0) is 23.8. The van der Waals surface area contributed by atoms with Gasteiger partial charge < -0.3 is 9.15 Å². The molecule has 6 nitrogen and oxygen atoms in total. The lowest BCUT2D eigenvalue weighted by Gasteiger charge is -2.24. The first-order valence-electron chi connectivity index (χ1n) is 11.5. The standard InChI is InChI=1S/C28H26N2O4/c1-17(2)12-14-33-20-8-6-7-19(16-20)25-24-26(31)21-9-4-5-10-22(21)34-27(24)28(32)30(25)23-15-18(3)11-13-29-23/h4-11,13,15-17,25H,12,14H2,1-3H3. The van der Waals surface area contributed by atoms with Gasteiger partial charge in [0.15, 0.2) is 5.43 Å². The largest absolute Gasteiger partial charge is 0.494 e. The zero-order valence-corrected chi connectivity index (χ0v) is 19.4. The highest BCUT2D eigenvalue weighted by atomic mass is 16.5. The summed E-state index contributed by atoms with van der Waals surface area (Å²) in [7, 11) is 0. The Balaban J connectivity index is 1.68. The number of benzene rings is 2. The summed E-state index contributed by atoms with van der Waals surface area (Å²) in [6, 6.07) is 17.6. The third-order valence-electron chi connectivity index (χ3n) is 6.06. The van der Waals surface area contributed by atoms with Crippen LogP contribution in [0.5, 0.6) is 5.75 Å². The van der Waals surface area contributed by atoms with E-state index in [1.165, 1.54) is 0 Å². The van der Waals surface area contributed by atoms with E-state index in [9.17, 15) is 9.59 Å². The van der Waals surface area contributed by atoms with E-state index in [1.54, 1.807) is 35.4 Å². The van der Waals surface area contributed by atoms with Crippen LogP contribution in [0.25, 0.3) is 11.0 Å². The van der Waals surface area contributed by atoms with E-state index in [2.05, 4.69) is 18.8 Å². The summed E-state index contributed by atoms with van der Waals surface area (Å²) in [5, 5.41) is 0.447. The first-order chi connectivity index (χ1) is 16.4. The molecule has 1 unspecified atom stereocenters. The second-order valence-electron chi connectivity index (χ2n) is 9.04. The second kappa shape index (κ2) is 8.78. The van der Waals surface area contributed by atoms with Gasteiger partial charge in [-0.2, -0.15) is 0 Å². The number of carbonyl (C=O) groups is 1. The van der Waals surface area contributed by atoms with Crippen LogP contribution in [-0.4, -0.2) is 17.5 Å². The number of aryl methyl sites for hydroxylation is 1. The van der Waals surface area contributed by atoms with Crippen LogP contribution in [0.15, 0.2) is 76.1 Å². The molecule has 34 heavy (non-hydrogen) atoms. The summed E-state index contributed by atoms with van der Waals surface area (Å²) >= 11 is 0. The predicted octanol–water partition coefficient (Wildman–Crippen LogP) is 5.67. The normalized spacial score (nSPS) is 15.2. The minimum absolute atomic E-state index is 0.0585. The van der Waals surface area contributed by atoms with Crippen LogP contribution >= 0.6 is 0 Å². The van der Waals surface area contributed by atoms with Gasteiger partial charge in [-0.15, -0.1) is 0 Å². The summed E-state index contributed by atoms with van der Waals surface area (Å²) in [4.78, 5) is 33.3. The van der Waals surface area contributed by atoms with Gasteiger partial charge >= 0.3 is 0 Å². The van der Waals surface area contributed by atoms with E-state index < -0.39 is 6.04 Å². The number of para-hydroxylation sites is 1. The first kappa shape index (κ1) is 21.9. The van der Waals surface area contributed by atoms with Crippen molar-refractivity contribution in [2.24, 2.45) is 5.92 Å². The minimum Gasteiger partial charge on any atom is -0.494 e. The van der Waals surface area contributed by atoms with Crippen molar-refractivity contribution in [3.8, 4) is 5.75 Å². The van der Waals surface area contributed by atoms with E-state index in [0.29, 0.717) is 40.6 Å². The summed E-state index contributed by atoms with van der Waals surface area (Å²) in [6.45, 7) is 6.83. The Hall–Kier alpha value is -3.93. The molecular weight excluding hydrogens is 428 g/mol. The number of rotatable bonds is 6. The van der Waals surface area contributed by atoms with Gasteiger partial charge in [0.1, 0.15) is 17.2 Å². The van der Waals surface area contributed by atoms with Crippen molar-refractivity contribution in [1.29, 1.82) is 0 Å². The molecule has 0 aliphatic carbocycles. The van der Waals surface area contributed by atoms with Gasteiger partial charge in [-0.25, -0.2) is 4.98 Å². The van der Waals surface area contributed by atoms with E-state index in [1.807, 2.05) is 43.3 Å². The third-order valence-corrected chi connectivity index (χ3v) is 6.06. The van der Waals surface area contributed by atoms with E-state index >= 15 is 0 Å². The molecule has 0 spiro atoms. The van der Waals surface area contributed by atoms with E-state index in [0.717, 1.165) is 17.5 Å². The Labute approximate surface area is 197 Å². The Morgan fingerprint density at radius 2 is 1.88 bits per heavy atom. The van der Waals surface area contributed by atoms with Crippen LogP contribution in [0, 0.1) is 12.8 Å². The Morgan fingerprint density at radius 3 is 2.68 bits per heavy atom. The van der Waals surface area contributed by atoms with Crippen molar-refractivity contribution < 1.29 is 13.9 Å². The number of anilines is 1. The number of amides is 1. The number of pyridine rings is 1. The quantitative estimate of drug-likeness (QED) is 0.375. The van der Waals surface area contributed by atoms with Crippen molar-refractivity contribution >= 4 is 22.7 Å². The lowest BCUT2D eigenvalue weighted by Crippen LogP contribution is -2.30. The van der Waals surface area contributed by atoms with Gasteiger partial charge in [0.05, 0.1) is 23.6 Å². The summed E-state index contributed by atoms with van der Waals surface area (Å²) < 4.78 is 12.0. The Morgan fingerprint density at radius 1 is 1.06 bits per heavy atom. The Bertz CT molecular complexity index is 1440. The highest BCUT2D eigenvalue weighted by Crippen LogP contribution is 2.41. The molecule has 0 bridgehead atoms. The second-order valence-corrected chi connectivity index (χ2v) is 9.04. The molecule has 5 rings (SSSR count). The molecule has 6 heteroatoms. The number of ether oxygens (including phenoxy) is 1. The molecule has 0 N–H and O–H groups in total. The van der Waals surface area contributed by atoms with Crippen molar-refractivity contribution in [2.75, 3.05) is 11.5 Å². The van der Waals surface area contributed by atoms with Crippen LogP contribution in [-0.2, 0) is 0 Å². The number of nitrogens with zero attached hydrogens (tertiary/aromatic N) is 2. The fourth-order valence-electron chi connectivity index (χ4n) is 4.31. The maximum absolute atomic E-state index is 13.6. The molecule has 1 aliphatic heterocycles. The summed E-state index contributed by atoms with van der Waals surface area (Å²) in [5.41, 5.74) is 2.23. The molecule has 1 amide bonds. The molecule has 1 aliphatic rings.